The van der Waals surface area contributed by atoms with Crippen molar-refractivity contribution in [1.29, 1.82) is 0 Å². The maximum Gasteiger partial charge on any atom is 0.231 e. The topological polar surface area (TPSA) is 80.0 Å². The maximum absolute atomic E-state index is 5.77. The molecule has 0 aromatic carbocycles. The normalized spacial score (nSPS) is 14.8. The van der Waals surface area contributed by atoms with Crippen molar-refractivity contribution in [2.75, 3.05) is 29.0 Å². The molecule has 1 fully saturated rings. The number of nitrogens with one attached hydrogen (secondary N) is 1. The van der Waals surface area contributed by atoms with E-state index in [2.05, 4.69) is 44.2 Å². The van der Waals surface area contributed by atoms with Crippen LogP contribution in [0.25, 0.3) is 0 Å². The fourth-order valence-electron chi connectivity index (χ4n) is 2.26. The van der Waals surface area contributed by atoms with Gasteiger partial charge in [0.1, 0.15) is 0 Å². The van der Waals surface area contributed by atoms with Crippen LogP contribution in [0.3, 0.4) is 0 Å². The predicted molar refractivity (Wildman–Crippen MR) is 82.1 cm³/mol. The van der Waals surface area contributed by atoms with Crippen LogP contribution in [-0.4, -0.2) is 28.0 Å². The third kappa shape index (κ3) is 2.98. The molecular formula is C13H18N6S. The molecule has 0 atom stereocenters. The lowest BCUT2D eigenvalue weighted by Gasteiger charge is -2.15. The van der Waals surface area contributed by atoms with Gasteiger partial charge < -0.3 is 16.0 Å². The van der Waals surface area contributed by atoms with Gasteiger partial charge in [0.05, 0.1) is 6.54 Å². The van der Waals surface area contributed by atoms with Crippen molar-refractivity contribution in [3.8, 4) is 0 Å². The Labute approximate surface area is 122 Å². The van der Waals surface area contributed by atoms with E-state index in [4.69, 9.17) is 5.73 Å². The SMILES string of the molecule is Cc1ccc(CNc2nc(N)nc(N3CCCC3)n2)s1. The molecule has 0 amide bonds. The number of hydrogen-bond acceptors (Lipinski definition) is 7. The van der Waals surface area contributed by atoms with E-state index in [1.54, 1.807) is 11.3 Å². The van der Waals surface area contributed by atoms with Gasteiger partial charge in [0.15, 0.2) is 0 Å². The quantitative estimate of drug-likeness (QED) is 0.897. The Balaban J connectivity index is 1.72. The highest BCUT2D eigenvalue weighted by atomic mass is 32.1. The summed E-state index contributed by atoms with van der Waals surface area (Å²) < 4.78 is 0. The van der Waals surface area contributed by atoms with E-state index >= 15 is 0 Å². The number of aromatic nitrogens is 3. The van der Waals surface area contributed by atoms with Crippen LogP contribution in [0.15, 0.2) is 12.1 Å². The van der Waals surface area contributed by atoms with Crippen LogP contribution in [0.4, 0.5) is 17.8 Å². The number of nitrogens with zero attached hydrogens (tertiary/aromatic N) is 4. The summed E-state index contributed by atoms with van der Waals surface area (Å²) in [4.78, 5) is 17.5. The molecule has 1 aliphatic heterocycles. The van der Waals surface area contributed by atoms with Gasteiger partial charge in [0.25, 0.3) is 0 Å². The van der Waals surface area contributed by atoms with E-state index in [0.29, 0.717) is 18.4 Å². The predicted octanol–water partition coefficient (Wildman–Crippen LogP) is 2.04. The molecule has 2 aromatic heterocycles. The van der Waals surface area contributed by atoms with Gasteiger partial charge in [-0.05, 0) is 31.9 Å². The standard InChI is InChI=1S/C13H18N6S/c1-9-4-5-10(20-9)8-15-12-16-11(14)17-13(18-12)19-6-2-3-7-19/h4-5H,2-3,6-8H2,1H3,(H3,14,15,16,17,18). The number of nitrogens with two attached hydrogens (primary N) is 1. The molecule has 3 heterocycles. The zero-order chi connectivity index (χ0) is 13.9. The summed E-state index contributed by atoms with van der Waals surface area (Å²) in [5.41, 5.74) is 5.77. The number of hydrogen-bond donors (Lipinski definition) is 2. The van der Waals surface area contributed by atoms with E-state index < -0.39 is 0 Å². The number of rotatable bonds is 4. The van der Waals surface area contributed by atoms with Crippen molar-refractivity contribution < 1.29 is 0 Å². The zero-order valence-corrected chi connectivity index (χ0v) is 12.3. The fraction of sp³-hybridized carbons (Fsp3) is 0.462. The minimum atomic E-state index is 0.270. The second-order valence-electron chi connectivity index (χ2n) is 4.88. The fourth-order valence-corrected chi connectivity index (χ4v) is 3.09. The van der Waals surface area contributed by atoms with Crippen LogP contribution in [0.1, 0.15) is 22.6 Å². The third-order valence-corrected chi connectivity index (χ3v) is 4.25. The van der Waals surface area contributed by atoms with E-state index in [-0.39, 0.29) is 5.95 Å². The van der Waals surface area contributed by atoms with Crippen molar-refractivity contribution in [3.63, 3.8) is 0 Å². The molecule has 6 nitrogen and oxygen atoms in total. The first-order valence-corrected chi connectivity index (χ1v) is 7.58. The molecule has 7 heteroatoms. The van der Waals surface area contributed by atoms with Gasteiger partial charge in [0.2, 0.25) is 17.8 Å². The minimum absolute atomic E-state index is 0.270. The molecule has 0 spiro atoms. The molecular weight excluding hydrogens is 272 g/mol. The van der Waals surface area contributed by atoms with Crippen LogP contribution in [-0.2, 0) is 6.54 Å². The van der Waals surface area contributed by atoms with E-state index in [9.17, 15) is 0 Å². The Kier molecular flexibility index (Phi) is 3.68. The third-order valence-electron chi connectivity index (χ3n) is 3.25. The highest BCUT2D eigenvalue weighted by Gasteiger charge is 2.16. The van der Waals surface area contributed by atoms with Gasteiger partial charge in [-0.2, -0.15) is 15.0 Å². The highest BCUT2D eigenvalue weighted by Crippen LogP contribution is 2.19. The first kappa shape index (κ1) is 13.1. The van der Waals surface area contributed by atoms with Crippen LogP contribution < -0.4 is 16.0 Å². The number of thiophene rings is 1. The number of anilines is 3. The summed E-state index contributed by atoms with van der Waals surface area (Å²) in [6, 6.07) is 4.22. The lowest BCUT2D eigenvalue weighted by atomic mass is 10.4. The first-order chi connectivity index (χ1) is 9.70. The van der Waals surface area contributed by atoms with Crippen molar-refractivity contribution in [2.24, 2.45) is 0 Å². The lowest BCUT2D eigenvalue weighted by Crippen LogP contribution is -2.22. The van der Waals surface area contributed by atoms with E-state index in [1.807, 2.05) is 0 Å². The lowest BCUT2D eigenvalue weighted by molar-refractivity contribution is 0.882. The van der Waals surface area contributed by atoms with Crippen LogP contribution in [0, 0.1) is 6.92 Å². The summed E-state index contributed by atoms with van der Waals surface area (Å²) in [7, 11) is 0. The summed E-state index contributed by atoms with van der Waals surface area (Å²) in [5.74, 6) is 1.50. The Morgan fingerprint density at radius 2 is 2.05 bits per heavy atom. The Morgan fingerprint density at radius 1 is 1.25 bits per heavy atom. The Hall–Kier alpha value is -1.89. The summed E-state index contributed by atoms with van der Waals surface area (Å²) in [6.07, 6.45) is 2.37. The molecule has 0 radical (unpaired) electrons. The second kappa shape index (κ2) is 5.62. The largest absolute Gasteiger partial charge is 0.368 e. The van der Waals surface area contributed by atoms with Crippen molar-refractivity contribution in [1.82, 2.24) is 15.0 Å². The molecule has 106 valence electrons. The molecule has 0 unspecified atom stereocenters. The van der Waals surface area contributed by atoms with Gasteiger partial charge in [0, 0.05) is 22.8 Å². The molecule has 1 aliphatic rings. The average Bonchev–Trinajstić information content (AvgIpc) is 3.07. The van der Waals surface area contributed by atoms with Crippen LogP contribution in [0.2, 0.25) is 0 Å². The summed E-state index contributed by atoms with van der Waals surface area (Å²) in [6.45, 7) is 4.79. The first-order valence-electron chi connectivity index (χ1n) is 6.76. The van der Waals surface area contributed by atoms with Gasteiger partial charge in [-0.1, -0.05) is 0 Å². The monoisotopic (exact) mass is 290 g/mol. The van der Waals surface area contributed by atoms with Crippen LogP contribution in [0.5, 0.6) is 0 Å². The van der Waals surface area contributed by atoms with Crippen molar-refractivity contribution >= 4 is 29.2 Å². The van der Waals surface area contributed by atoms with Gasteiger partial charge >= 0.3 is 0 Å². The van der Waals surface area contributed by atoms with Crippen molar-refractivity contribution in [2.45, 2.75) is 26.3 Å². The minimum Gasteiger partial charge on any atom is -0.368 e. The molecule has 3 N–H and O–H groups in total. The van der Waals surface area contributed by atoms with E-state index in [1.165, 1.54) is 22.6 Å². The van der Waals surface area contributed by atoms with Crippen molar-refractivity contribution in [3.05, 3.63) is 21.9 Å². The molecule has 1 saturated heterocycles. The molecule has 20 heavy (non-hydrogen) atoms. The second-order valence-corrected chi connectivity index (χ2v) is 6.25. The molecule has 0 aliphatic carbocycles. The van der Waals surface area contributed by atoms with Gasteiger partial charge in [-0.25, -0.2) is 0 Å². The highest BCUT2D eigenvalue weighted by molar-refractivity contribution is 7.11. The van der Waals surface area contributed by atoms with Crippen LogP contribution >= 0.6 is 11.3 Å². The number of nitrogen functional groups attached to an aromatic ring is 1. The summed E-state index contributed by atoms with van der Waals surface area (Å²) in [5, 5.41) is 3.22. The van der Waals surface area contributed by atoms with Gasteiger partial charge in [-0.3, -0.25) is 0 Å². The smallest absolute Gasteiger partial charge is 0.231 e. The number of aryl methyl sites for hydroxylation is 1. The van der Waals surface area contributed by atoms with E-state index in [0.717, 1.165) is 13.1 Å². The molecule has 0 saturated carbocycles. The molecule has 3 rings (SSSR count). The Bertz CT molecular complexity index is 590. The molecule has 2 aromatic rings. The zero-order valence-electron chi connectivity index (χ0n) is 11.5. The Morgan fingerprint density at radius 3 is 2.75 bits per heavy atom. The average molecular weight is 290 g/mol. The maximum atomic E-state index is 5.77. The molecule has 0 bridgehead atoms. The summed E-state index contributed by atoms with van der Waals surface area (Å²) >= 11 is 1.77. The van der Waals surface area contributed by atoms with Gasteiger partial charge in [-0.15, -0.1) is 11.3 Å².